The topological polar surface area (TPSA) is 65.1 Å². The van der Waals surface area contributed by atoms with Crippen LogP contribution in [0, 0.1) is 11.3 Å². The summed E-state index contributed by atoms with van der Waals surface area (Å²) >= 11 is 0. The van der Waals surface area contributed by atoms with Crippen LogP contribution in [0.1, 0.15) is 93.4 Å². The van der Waals surface area contributed by atoms with Gasteiger partial charge in [-0.25, -0.2) is 4.79 Å². The van der Waals surface area contributed by atoms with Crippen molar-refractivity contribution in [3.05, 3.63) is 0 Å². The Morgan fingerprint density at radius 3 is 2.28 bits per heavy atom. The van der Waals surface area contributed by atoms with Gasteiger partial charge in [-0.15, -0.1) is 0 Å². The molecule has 3 rings (SSSR count). The Morgan fingerprint density at radius 2 is 1.76 bits per heavy atom. The summed E-state index contributed by atoms with van der Waals surface area (Å²) < 4.78 is 17.9. The van der Waals surface area contributed by atoms with Gasteiger partial charge in [0.25, 0.3) is 0 Å². The Hall–Kier alpha value is -1.30. The van der Waals surface area contributed by atoms with Crippen LogP contribution < -0.4 is 0 Å². The van der Waals surface area contributed by atoms with Crippen molar-refractivity contribution in [1.82, 2.24) is 4.90 Å². The number of esters is 1. The van der Waals surface area contributed by atoms with Gasteiger partial charge in [0, 0.05) is 6.42 Å². The zero-order valence-electron chi connectivity index (χ0n) is 19.2. The smallest absolute Gasteiger partial charge is 0.412 e. The molecule has 3 atom stereocenters. The molecule has 3 fully saturated rings. The molecule has 0 N–H and O–H groups in total. The van der Waals surface area contributed by atoms with Gasteiger partial charge in [-0.1, -0.05) is 32.1 Å². The summed E-state index contributed by atoms with van der Waals surface area (Å²) in [6, 6.07) is -0.158. The van der Waals surface area contributed by atoms with Gasteiger partial charge in [-0.3, -0.25) is 9.69 Å². The third-order valence-electron chi connectivity index (χ3n) is 6.49. The van der Waals surface area contributed by atoms with E-state index in [0.717, 1.165) is 6.42 Å². The highest BCUT2D eigenvalue weighted by Gasteiger charge is 2.57. The van der Waals surface area contributed by atoms with Crippen LogP contribution in [0.25, 0.3) is 0 Å². The molecule has 0 radical (unpaired) electrons. The number of hydrogen-bond acceptors (Lipinski definition) is 5. The number of rotatable bonds is 3. The summed E-state index contributed by atoms with van der Waals surface area (Å²) in [6.45, 7) is 13.3. The molecule has 6 heteroatoms. The fourth-order valence-electron chi connectivity index (χ4n) is 5.12. The first kappa shape index (κ1) is 22.4. The van der Waals surface area contributed by atoms with Crippen molar-refractivity contribution in [2.75, 3.05) is 0 Å². The molecule has 1 saturated carbocycles. The van der Waals surface area contributed by atoms with Crippen molar-refractivity contribution in [1.29, 1.82) is 0 Å². The number of hydrogen-bond donors (Lipinski definition) is 0. The maximum atomic E-state index is 13.2. The van der Waals surface area contributed by atoms with E-state index >= 15 is 0 Å². The minimum absolute atomic E-state index is 0.158. The van der Waals surface area contributed by atoms with Crippen LogP contribution in [0.15, 0.2) is 0 Å². The molecule has 0 unspecified atom stereocenters. The molecule has 1 amide bonds. The maximum absolute atomic E-state index is 13.2. The standard InChI is InChI=1S/C23H39NO5/c1-21(2,3)29-20(26)24-16(13-15-11-9-8-10-12-15)18(28-23(24,6)7)17-14-22(4,5)19(25)27-17/h15-18H,8-14H2,1-7H3/t16-,17-,18+/m0/s1. The van der Waals surface area contributed by atoms with Crippen molar-refractivity contribution >= 4 is 12.1 Å². The summed E-state index contributed by atoms with van der Waals surface area (Å²) in [6.07, 6.45) is 6.59. The molecule has 166 valence electrons. The van der Waals surface area contributed by atoms with Crippen LogP contribution >= 0.6 is 0 Å². The van der Waals surface area contributed by atoms with Crippen LogP contribution in [0.2, 0.25) is 0 Å². The first-order chi connectivity index (χ1) is 13.3. The molecule has 0 aromatic heterocycles. The third-order valence-corrected chi connectivity index (χ3v) is 6.49. The summed E-state index contributed by atoms with van der Waals surface area (Å²) in [5, 5.41) is 0. The molecule has 0 spiro atoms. The second-order valence-electron chi connectivity index (χ2n) is 11.2. The van der Waals surface area contributed by atoms with E-state index in [1.165, 1.54) is 32.1 Å². The Balaban J connectivity index is 1.88. The number of cyclic esters (lactones) is 1. The van der Waals surface area contributed by atoms with E-state index in [2.05, 4.69) is 0 Å². The quantitative estimate of drug-likeness (QED) is 0.611. The fourth-order valence-corrected chi connectivity index (χ4v) is 5.12. The number of amides is 1. The molecule has 2 heterocycles. The predicted octanol–water partition coefficient (Wildman–Crippen LogP) is 5.04. The number of nitrogens with zero attached hydrogens (tertiary/aromatic N) is 1. The van der Waals surface area contributed by atoms with E-state index in [4.69, 9.17) is 14.2 Å². The van der Waals surface area contributed by atoms with Gasteiger partial charge in [0.1, 0.15) is 23.5 Å². The summed E-state index contributed by atoms with van der Waals surface area (Å²) in [5.74, 6) is 0.375. The SMILES string of the molecule is CC(C)(C)OC(=O)N1[C@@H](CC2CCCCC2)[C@H]([C@@H]2CC(C)(C)C(=O)O2)OC1(C)C. The van der Waals surface area contributed by atoms with Crippen molar-refractivity contribution in [2.45, 2.75) is 123 Å². The lowest BCUT2D eigenvalue weighted by atomic mass is 9.81. The van der Waals surface area contributed by atoms with Gasteiger partial charge in [0.05, 0.1) is 11.5 Å². The summed E-state index contributed by atoms with van der Waals surface area (Å²) in [5.41, 5.74) is -1.92. The van der Waals surface area contributed by atoms with E-state index in [-0.39, 0.29) is 30.3 Å². The van der Waals surface area contributed by atoms with Gasteiger partial charge < -0.3 is 14.2 Å². The molecule has 3 aliphatic rings. The van der Waals surface area contributed by atoms with Gasteiger partial charge in [0.2, 0.25) is 0 Å². The first-order valence-corrected chi connectivity index (χ1v) is 11.2. The molecular formula is C23H39NO5. The zero-order chi connectivity index (χ0) is 21.6. The van der Waals surface area contributed by atoms with E-state index in [0.29, 0.717) is 12.3 Å². The molecule has 6 nitrogen and oxygen atoms in total. The highest BCUT2D eigenvalue weighted by atomic mass is 16.6. The first-order valence-electron chi connectivity index (χ1n) is 11.2. The van der Waals surface area contributed by atoms with Gasteiger partial charge in [0.15, 0.2) is 0 Å². The predicted molar refractivity (Wildman–Crippen MR) is 110 cm³/mol. The highest BCUT2D eigenvalue weighted by molar-refractivity contribution is 5.78. The second kappa shape index (κ2) is 7.75. The van der Waals surface area contributed by atoms with Crippen molar-refractivity contribution in [2.24, 2.45) is 11.3 Å². The normalized spacial score (nSPS) is 32.3. The third kappa shape index (κ3) is 4.89. The number of ether oxygens (including phenoxy) is 3. The van der Waals surface area contributed by atoms with Crippen molar-refractivity contribution in [3.8, 4) is 0 Å². The minimum Gasteiger partial charge on any atom is -0.459 e. The summed E-state index contributed by atoms with van der Waals surface area (Å²) in [4.78, 5) is 27.3. The van der Waals surface area contributed by atoms with Crippen LogP contribution in [0.3, 0.4) is 0 Å². The molecular weight excluding hydrogens is 370 g/mol. The summed E-state index contributed by atoms with van der Waals surface area (Å²) in [7, 11) is 0. The lowest BCUT2D eigenvalue weighted by molar-refractivity contribution is -0.154. The zero-order valence-corrected chi connectivity index (χ0v) is 19.2. The lowest BCUT2D eigenvalue weighted by Gasteiger charge is -2.37. The molecule has 29 heavy (non-hydrogen) atoms. The Bertz CT molecular complexity index is 630. The van der Waals surface area contributed by atoms with Crippen LogP contribution in [0.5, 0.6) is 0 Å². The average Bonchev–Trinajstić information content (AvgIpc) is 2.99. The van der Waals surface area contributed by atoms with Crippen LogP contribution in [-0.2, 0) is 19.0 Å². The van der Waals surface area contributed by atoms with E-state index < -0.39 is 16.7 Å². The van der Waals surface area contributed by atoms with Crippen LogP contribution in [0.4, 0.5) is 4.79 Å². The van der Waals surface area contributed by atoms with Gasteiger partial charge in [-0.2, -0.15) is 0 Å². The lowest BCUT2D eigenvalue weighted by Crippen LogP contribution is -2.51. The largest absolute Gasteiger partial charge is 0.459 e. The van der Waals surface area contributed by atoms with Gasteiger partial charge >= 0.3 is 12.1 Å². The number of carbonyl (C=O) groups excluding carboxylic acids is 2. The molecule has 0 aromatic rings. The average molecular weight is 410 g/mol. The van der Waals surface area contributed by atoms with E-state index in [1.54, 1.807) is 4.90 Å². The van der Waals surface area contributed by atoms with E-state index in [9.17, 15) is 9.59 Å². The van der Waals surface area contributed by atoms with E-state index in [1.807, 2.05) is 48.5 Å². The maximum Gasteiger partial charge on any atom is 0.412 e. The molecule has 0 aromatic carbocycles. The number of carbonyl (C=O) groups is 2. The Kier molecular flexibility index (Phi) is 5.98. The van der Waals surface area contributed by atoms with Crippen molar-refractivity contribution in [3.63, 3.8) is 0 Å². The Labute approximate surface area is 175 Å². The second-order valence-corrected chi connectivity index (χ2v) is 11.2. The monoisotopic (exact) mass is 409 g/mol. The fraction of sp³-hybridized carbons (Fsp3) is 0.913. The molecule has 2 saturated heterocycles. The molecule has 2 aliphatic heterocycles. The van der Waals surface area contributed by atoms with Crippen LogP contribution in [-0.4, -0.2) is 46.5 Å². The molecule has 0 bridgehead atoms. The minimum atomic E-state index is -0.814. The van der Waals surface area contributed by atoms with Gasteiger partial charge in [-0.05, 0) is 60.8 Å². The highest BCUT2D eigenvalue weighted by Crippen LogP contribution is 2.45. The molecule has 1 aliphatic carbocycles. The van der Waals surface area contributed by atoms with Crippen molar-refractivity contribution < 1.29 is 23.8 Å². The Morgan fingerprint density at radius 1 is 1.14 bits per heavy atom.